The van der Waals surface area contributed by atoms with E-state index in [-0.39, 0.29) is 17.3 Å². The zero-order valence-corrected chi connectivity index (χ0v) is 15.2. The van der Waals surface area contributed by atoms with Crippen LogP contribution in [0.1, 0.15) is 65.2 Å². The Morgan fingerprint density at radius 3 is 2.54 bits per heavy atom. The van der Waals surface area contributed by atoms with E-state index in [0.717, 1.165) is 50.2 Å². The van der Waals surface area contributed by atoms with Crippen LogP contribution in [0.25, 0.3) is 0 Å². The molecule has 6 atom stereocenters. The summed E-state index contributed by atoms with van der Waals surface area (Å²) in [6, 6.07) is 0. The second-order valence-electron chi connectivity index (χ2n) is 9.60. The van der Waals surface area contributed by atoms with Gasteiger partial charge in [-0.1, -0.05) is 25.5 Å². The molecule has 1 unspecified atom stereocenters. The fourth-order valence-corrected chi connectivity index (χ4v) is 7.53. The molecule has 0 amide bonds. The van der Waals surface area contributed by atoms with Crippen molar-refractivity contribution in [3.63, 3.8) is 0 Å². The molecule has 3 heteroatoms. The van der Waals surface area contributed by atoms with Gasteiger partial charge in [0.05, 0.1) is 19.3 Å². The summed E-state index contributed by atoms with van der Waals surface area (Å²) in [5.41, 5.74) is 2.09. The van der Waals surface area contributed by atoms with Crippen molar-refractivity contribution in [3.8, 4) is 0 Å². The van der Waals surface area contributed by atoms with Gasteiger partial charge < -0.3 is 14.6 Å². The van der Waals surface area contributed by atoms with Gasteiger partial charge in [0, 0.05) is 11.8 Å². The van der Waals surface area contributed by atoms with Gasteiger partial charge in [0.2, 0.25) is 0 Å². The van der Waals surface area contributed by atoms with Crippen molar-refractivity contribution in [1.82, 2.24) is 0 Å². The number of aliphatic hydroxyl groups excluding tert-OH is 1. The van der Waals surface area contributed by atoms with Crippen molar-refractivity contribution in [1.29, 1.82) is 0 Å². The second kappa shape index (κ2) is 5.08. The lowest BCUT2D eigenvalue weighted by Gasteiger charge is -2.58. The van der Waals surface area contributed by atoms with Gasteiger partial charge in [-0.2, -0.15) is 0 Å². The fourth-order valence-electron chi connectivity index (χ4n) is 7.53. The highest BCUT2D eigenvalue weighted by Crippen LogP contribution is 2.68. The maximum absolute atomic E-state index is 10.1. The zero-order valence-electron chi connectivity index (χ0n) is 15.2. The fraction of sp³-hybridized carbons (Fsp3) is 0.905. The average Bonchev–Trinajstić information content (AvgIpc) is 3.15. The summed E-state index contributed by atoms with van der Waals surface area (Å²) in [7, 11) is 0. The summed E-state index contributed by atoms with van der Waals surface area (Å²) in [5.74, 6) is 2.02. The highest BCUT2D eigenvalue weighted by atomic mass is 16.7. The van der Waals surface area contributed by atoms with Gasteiger partial charge in [-0.15, -0.1) is 0 Å². The molecule has 4 aliphatic carbocycles. The van der Waals surface area contributed by atoms with Crippen LogP contribution >= 0.6 is 0 Å². The van der Waals surface area contributed by atoms with Crippen LogP contribution in [0.5, 0.6) is 0 Å². The van der Waals surface area contributed by atoms with E-state index in [9.17, 15) is 5.11 Å². The second-order valence-corrected chi connectivity index (χ2v) is 9.60. The van der Waals surface area contributed by atoms with E-state index in [1.54, 1.807) is 5.57 Å². The van der Waals surface area contributed by atoms with E-state index in [0.29, 0.717) is 5.41 Å². The number of rotatable bonds is 0. The Morgan fingerprint density at radius 2 is 1.75 bits per heavy atom. The number of allylic oxidation sites excluding steroid dienone is 1. The lowest BCUT2D eigenvalue weighted by molar-refractivity contribution is -0.242. The Kier molecular flexibility index (Phi) is 3.35. The Balaban J connectivity index is 1.49. The maximum Gasteiger partial charge on any atom is 0.174 e. The van der Waals surface area contributed by atoms with Gasteiger partial charge >= 0.3 is 0 Å². The first-order valence-corrected chi connectivity index (χ1v) is 10.1. The molecule has 5 aliphatic rings. The van der Waals surface area contributed by atoms with Crippen LogP contribution < -0.4 is 0 Å². The van der Waals surface area contributed by atoms with Crippen LogP contribution in [0.2, 0.25) is 0 Å². The van der Waals surface area contributed by atoms with Crippen molar-refractivity contribution < 1.29 is 14.6 Å². The Hall–Kier alpha value is -0.380. The summed E-state index contributed by atoms with van der Waals surface area (Å²) in [6.07, 6.45) is 11.6. The van der Waals surface area contributed by atoms with E-state index in [1.807, 2.05) is 0 Å². The topological polar surface area (TPSA) is 38.7 Å². The van der Waals surface area contributed by atoms with E-state index in [2.05, 4.69) is 19.9 Å². The molecule has 5 rings (SSSR count). The van der Waals surface area contributed by atoms with Crippen molar-refractivity contribution in [2.75, 3.05) is 13.2 Å². The SMILES string of the molecule is C[C@]12CC[C@@H](O)CC1=CC[C@@H]1C2CC[C@@]2(C)[C@H]1CCC21OCCO1. The minimum atomic E-state index is -0.281. The van der Waals surface area contributed by atoms with E-state index >= 15 is 0 Å². The highest BCUT2D eigenvalue weighted by Gasteiger charge is 2.66. The molecule has 1 saturated heterocycles. The number of hydrogen-bond donors (Lipinski definition) is 1. The van der Waals surface area contributed by atoms with Crippen LogP contribution in [0, 0.1) is 28.6 Å². The Labute approximate surface area is 145 Å². The largest absolute Gasteiger partial charge is 0.393 e. The van der Waals surface area contributed by atoms with E-state index in [1.165, 1.54) is 32.1 Å². The molecule has 1 aliphatic heterocycles. The number of aliphatic hydroxyl groups is 1. The first-order chi connectivity index (χ1) is 11.5. The number of ether oxygens (including phenoxy) is 2. The molecule has 0 aromatic heterocycles. The van der Waals surface area contributed by atoms with Gasteiger partial charge in [-0.25, -0.2) is 0 Å². The summed E-state index contributed by atoms with van der Waals surface area (Å²) < 4.78 is 12.5. The van der Waals surface area contributed by atoms with E-state index in [4.69, 9.17) is 9.47 Å². The molecule has 3 nitrogen and oxygen atoms in total. The van der Waals surface area contributed by atoms with Gasteiger partial charge in [0.15, 0.2) is 5.79 Å². The van der Waals surface area contributed by atoms with Crippen LogP contribution in [-0.2, 0) is 9.47 Å². The third-order valence-electron chi connectivity index (χ3n) is 8.88. The molecule has 1 N–H and O–H groups in total. The molecule has 0 aromatic carbocycles. The third kappa shape index (κ3) is 1.84. The van der Waals surface area contributed by atoms with Crippen molar-refractivity contribution in [3.05, 3.63) is 11.6 Å². The summed E-state index contributed by atoms with van der Waals surface area (Å²) >= 11 is 0. The lowest BCUT2D eigenvalue weighted by atomic mass is 9.47. The van der Waals surface area contributed by atoms with Crippen molar-refractivity contribution >= 4 is 0 Å². The van der Waals surface area contributed by atoms with Crippen molar-refractivity contribution in [2.45, 2.75) is 77.1 Å². The molecule has 24 heavy (non-hydrogen) atoms. The minimum absolute atomic E-state index is 0.107. The minimum Gasteiger partial charge on any atom is -0.393 e. The first-order valence-electron chi connectivity index (χ1n) is 10.1. The Bertz CT molecular complexity index is 563. The third-order valence-corrected chi connectivity index (χ3v) is 8.88. The zero-order chi connectivity index (χ0) is 16.6. The molecule has 1 spiro atoms. The molecule has 4 fully saturated rings. The van der Waals surface area contributed by atoms with Crippen LogP contribution in [0.15, 0.2) is 11.6 Å². The molecule has 3 saturated carbocycles. The summed E-state index contributed by atoms with van der Waals surface area (Å²) in [5, 5.41) is 10.1. The Morgan fingerprint density at radius 1 is 1.00 bits per heavy atom. The average molecular weight is 332 g/mol. The van der Waals surface area contributed by atoms with Crippen LogP contribution in [-0.4, -0.2) is 30.2 Å². The van der Waals surface area contributed by atoms with Gasteiger partial charge in [-0.05, 0) is 68.1 Å². The van der Waals surface area contributed by atoms with Crippen LogP contribution in [0.3, 0.4) is 0 Å². The number of fused-ring (bicyclic) bond motifs is 6. The highest BCUT2D eigenvalue weighted by molar-refractivity contribution is 5.26. The molecule has 0 aromatic rings. The molecule has 0 bridgehead atoms. The van der Waals surface area contributed by atoms with Crippen LogP contribution in [0.4, 0.5) is 0 Å². The van der Waals surface area contributed by atoms with Gasteiger partial charge in [0.1, 0.15) is 0 Å². The summed E-state index contributed by atoms with van der Waals surface area (Å²) in [4.78, 5) is 0. The predicted molar refractivity (Wildman–Crippen MR) is 92.3 cm³/mol. The molecule has 134 valence electrons. The smallest absolute Gasteiger partial charge is 0.174 e. The molecular weight excluding hydrogens is 300 g/mol. The van der Waals surface area contributed by atoms with Crippen molar-refractivity contribution in [2.24, 2.45) is 28.6 Å². The quantitative estimate of drug-likeness (QED) is 0.680. The monoisotopic (exact) mass is 332 g/mol. The normalized spacial score (nSPS) is 52.5. The van der Waals surface area contributed by atoms with E-state index < -0.39 is 0 Å². The van der Waals surface area contributed by atoms with Gasteiger partial charge in [-0.3, -0.25) is 0 Å². The molecular formula is C21H32O3. The maximum atomic E-state index is 10.1. The first kappa shape index (κ1) is 15.8. The van der Waals surface area contributed by atoms with Gasteiger partial charge in [0.25, 0.3) is 0 Å². The lowest BCUT2D eigenvalue weighted by Crippen LogP contribution is -2.55. The standard InChI is InChI=1S/C21H32O3/c1-19-8-5-15(22)13-14(19)3-4-16-17(19)6-9-20(2)18(16)7-10-21(20)23-11-12-24-21/h3,15-18,22H,4-13H2,1-2H3/t15-,16-,17?,18+,19+,20+/m1/s1. The molecule has 1 heterocycles. The number of hydrogen-bond acceptors (Lipinski definition) is 3. The predicted octanol–water partition coefficient (Wildman–Crippen LogP) is 4.05. The summed E-state index contributed by atoms with van der Waals surface area (Å²) in [6.45, 7) is 6.50. The molecule has 0 radical (unpaired) electrons.